The van der Waals surface area contributed by atoms with Crippen molar-refractivity contribution in [1.82, 2.24) is 0 Å². The average Bonchev–Trinajstić information content (AvgIpc) is 2.93. The van der Waals surface area contributed by atoms with E-state index in [1.54, 1.807) is 0 Å². The summed E-state index contributed by atoms with van der Waals surface area (Å²) in [7, 11) is 0. The molecule has 4 aliphatic carbocycles. The van der Waals surface area contributed by atoms with E-state index in [1.807, 2.05) is 0 Å². The molecular formula is C28H46O. The molecule has 0 N–H and O–H groups in total. The Balaban J connectivity index is 1.55. The summed E-state index contributed by atoms with van der Waals surface area (Å²) in [6, 6.07) is 0. The number of allylic oxidation sites excluding steroid dienone is 1. The minimum atomic E-state index is 0.308. The van der Waals surface area contributed by atoms with Crippen molar-refractivity contribution in [1.29, 1.82) is 0 Å². The summed E-state index contributed by atoms with van der Waals surface area (Å²) in [5, 5.41) is 0. The van der Waals surface area contributed by atoms with Crippen LogP contribution in [0.2, 0.25) is 0 Å². The van der Waals surface area contributed by atoms with E-state index >= 15 is 0 Å². The molecule has 4 aliphatic rings. The van der Waals surface area contributed by atoms with Crippen LogP contribution >= 0.6 is 0 Å². The van der Waals surface area contributed by atoms with Gasteiger partial charge in [-0.1, -0.05) is 66.4 Å². The molecule has 0 bridgehead atoms. The molecule has 0 aromatic heterocycles. The van der Waals surface area contributed by atoms with Gasteiger partial charge < -0.3 is 0 Å². The molecule has 0 spiro atoms. The third-order valence-corrected chi connectivity index (χ3v) is 11.0. The standard InChI is InChI=1S/C28H46O/c1-19(2)8-7-9-20(3)23-13-16-28(6)25-11-10-21-18-22(29)12-15-26(21,4)24(25)14-17-27(23,28)5/h18-20,23-25H,7-17H2,1-6H3/t20-,23-,24+,25-,26+,27-,28?/m1/s1. The molecule has 1 unspecified atom stereocenters. The number of ketones is 1. The van der Waals surface area contributed by atoms with Gasteiger partial charge in [0.2, 0.25) is 0 Å². The van der Waals surface area contributed by atoms with Gasteiger partial charge in [0.15, 0.2) is 5.78 Å². The SMILES string of the molecule is CC(C)CCC[C@@H](C)[C@H]1CCC2(C)[C@@H]3CCC4=CC(=O)CC[C@]4(C)[C@H]3CC[C@]12C. The summed E-state index contributed by atoms with van der Waals surface area (Å²) < 4.78 is 0. The highest BCUT2D eigenvalue weighted by atomic mass is 16.1. The van der Waals surface area contributed by atoms with Gasteiger partial charge in [0.1, 0.15) is 0 Å². The summed E-state index contributed by atoms with van der Waals surface area (Å²) in [5.41, 5.74) is 2.84. The second-order valence-corrected chi connectivity index (χ2v) is 12.6. The van der Waals surface area contributed by atoms with Crippen molar-refractivity contribution >= 4 is 5.78 Å². The second kappa shape index (κ2) is 7.52. The molecule has 0 aromatic rings. The first kappa shape index (κ1) is 21.6. The topological polar surface area (TPSA) is 17.1 Å². The Hall–Kier alpha value is -0.590. The van der Waals surface area contributed by atoms with Gasteiger partial charge in [0, 0.05) is 6.42 Å². The van der Waals surface area contributed by atoms with Crippen LogP contribution in [0.3, 0.4) is 0 Å². The van der Waals surface area contributed by atoms with E-state index in [0.29, 0.717) is 22.0 Å². The van der Waals surface area contributed by atoms with E-state index in [4.69, 9.17) is 0 Å². The van der Waals surface area contributed by atoms with Crippen LogP contribution in [0.5, 0.6) is 0 Å². The number of fused-ring (bicyclic) bond motifs is 5. The van der Waals surface area contributed by atoms with E-state index < -0.39 is 0 Å². The quantitative estimate of drug-likeness (QED) is 0.458. The molecule has 1 nitrogen and oxygen atoms in total. The molecule has 1 heteroatoms. The highest BCUT2D eigenvalue weighted by Gasteiger charge is 2.65. The van der Waals surface area contributed by atoms with Crippen LogP contribution in [-0.4, -0.2) is 5.78 Å². The van der Waals surface area contributed by atoms with E-state index in [9.17, 15) is 4.79 Å². The van der Waals surface area contributed by atoms with Crippen LogP contribution in [0.4, 0.5) is 0 Å². The summed E-state index contributed by atoms with van der Waals surface area (Å²) >= 11 is 0. The molecule has 4 rings (SSSR count). The zero-order chi connectivity index (χ0) is 21.0. The molecule has 0 saturated heterocycles. The maximum Gasteiger partial charge on any atom is 0.155 e. The van der Waals surface area contributed by atoms with Crippen molar-refractivity contribution in [3.05, 3.63) is 11.6 Å². The van der Waals surface area contributed by atoms with Gasteiger partial charge in [0.05, 0.1) is 0 Å². The zero-order valence-electron chi connectivity index (χ0n) is 20.2. The summed E-state index contributed by atoms with van der Waals surface area (Å²) in [6.07, 6.45) is 16.4. The normalized spacial score (nSPS) is 45.4. The Morgan fingerprint density at radius 2 is 1.62 bits per heavy atom. The summed E-state index contributed by atoms with van der Waals surface area (Å²) in [6.45, 7) is 15.2. The van der Waals surface area contributed by atoms with Gasteiger partial charge >= 0.3 is 0 Å². The molecule has 7 atom stereocenters. The molecule has 0 heterocycles. The summed E-state index contributed by atoms with van der Waals surface area (Å²) in [5.74, 6) is 4.69. The van der Waals surface area contributed by atoms with Crippen LogP contribution < -0.4 is 0 Å². The lowest BCUT2D eigenvalue weighted by molar-refractivity contribution is -0.126. The maximum absolute atomic E-state index is 12.1. The van der Waals surface area contributed by atoms with Crippen molar-refractivity contribution in [3.8, 4) is 0 Å². The van der Waals surface area contributed by atoms with Gasteiger partial charge in [-0.05, 0) is 96.9 Å². The Morgan fingerprint density at radius 1 is 0.897 bits per heavy atom. The predicted molar refractivity (Wildman–Crippen MR) is 123 cm³/mol. The van der Waals surface area contributed by atoms with Crippen molar-refractivity contribution in [2.45, 2.75) is 112 Å². The van der Waals surface area contributed by atoms with Crippen LogP contribution in [0, 0.1) is 45.8 Å². The zero-order valence-corrected chi connectivity index (χ0v) is 20.2. The molecule has 29 heavy (non-hydrogen) atoms. The van der Waals surface area contributed by atoms with E-state index in [2.05, 4.69) is 47.6 Å². The highest BCUT2D eigenvalue weighted by molar-refractivity contribution is 5.91. The Morgan fingerprint density at radius 3 is 2.34 bits per heavy atom. The van der Waals surface area contributed by atoms with E-state index in [1.165, 1.54) is 63.4 Å². The first-order chi connectivity index (χ1) is 13.6. The van der Waals surface area contributed by atoms with Gasteiger partial charge in [-0.15, -0.1) is 0 Å². The first-order valence-corrected chi connectivity index (χ1v) is 12.9. The summed E-state index contributed by atoms with van der Waals surface area (Å²) in [4.78, 5) is 12.1. The Bertz CT molecular complexity index is 674. The molecule has 3 saturated carbocycles. The fourth-order valence-corrected chi connectivity index (χ4v) is 8.97. The minimum absolute atomic E-state index is 0.308. The number of hydrogen-bond acceptors (Lipinski definition) is 1. The molecule has 0 aliphatic heterocycles. The van der Waals surface area contributed by atoms with Crippen LogP contribution in [0.15, 0.2) is 11.6 Å². The van der Waals surface area contributed by atoms with Gasteiger partial charge in [-0.2, -0.15) is 0 Å². The van der Waals surface area contributed by atoms with E-state index in [-0.39, 0.29) is 0 Å². The monoisotopic (exact) mass is 398 g/mol. The molecule has 3 fully saturated rings. The lowest BCUT2D eigenvalue weighted by Crippen LogP contribution is -2.55. The lowest BCUT2D eigenvalue weighted by atomic mass is 9.41. The fraction of sp³-hybridized carbons (Fsp3) is 0.893. The molecular weight excluding hydrogens is 352 g/mol. The highest BCUT2D eigenvalue weighted by Crippen LogP contribution is 2.73. The number of rotatable bonds is 5. The van der Waals surface area contributed by atoms with Gasteiger partial charge in [-0.3, -0.25) is 4.79 Å². The average molecular weight is 399 g/mol. The molecule has 164 valence electrons. The Labute approximate surface area is 180 Å². The largest absolute Gasteiger partial charge is 0.295 e. The van der Waals surface area contributed by atoms with Crippen LogP contribution in [0.1, 0.15) is 112 Å². The van der Waals surface area contributed by atoms with Gasteiger partial charge in [0.25, 0.3) is 0 Å². The fourth-order valence-electron chi connectivity index (χ4n) is 8.97. The van der Waals surface area contributed by atoms with E-state index in [0.717, 1.165) is 42.4 Å². The number of carbonyl (C=O) groups excluding carboxylic acids is 1. The maximum atomic E-state index is 12.1. The van der Waals surface area contributed by atoms with Crippen molar-refractivity contribution in [2.75, 3.05) is 0 Å². The van der Waals surface area contributed by atoms with Crippen molar-refractivity contribution < 1.29 is 4.79 Å². The second-order valence-electron chi connectivity index (χ2n) is 12.6. The predicted octanol–water partition coefficient (Wildman–Crippen LogP) is 7.99. The van der Waals surface area contributed by atoms with Crippen molar-refractivity contribution in [2.24, 2.45) is 45.8 Å². The number of carbonyl (C=O) groups is 1. The smallest absolute Gasteiger partial charge is 0.155 e. The minimum Gasteiger partial charge on any atom is -0.295 e. The molecule has 0 aromatic carbocycles. The number of hydrogen-bond donors (Lipinski definition) is 0. The van der Waals surface area contributed by atoms with Crippen LogP contribution in [-0.2, 0) is 4.79 Å². The van der Waals surface area contributed by atoms with Crippen LogP contribution in [0.25, 0.3) is 0 Å². The van der Waals surface area contributed by atoms with Gasteiger partial charge in [-0.25, -0.2) is 0 Å². The third kappa shape index (κ3) is 3.28. The third-order valence-electron chi connectivity index (χ3n) is 11.0. The van der Waals surface area contributed by atoms with Crippen molar-refractivity contribution in [3.63, 3.8) is 0 Å². The molecule has 0 radical (unpaired) electrons. The Kier molecular flexibility index (Phi) is 5.61. The first-order valence-electron chi connectivity index (χ1n) is 12.9. The molecule has 0 amide bonds. The lowest BCUT2D eigenvalue weighted by Gasteiger charge is -2.63.